The molecule has 0 radical (unpaired) electrons. The average Bonchev–Trinajstić information content (AvgIpc) is 2.90. The molecule has 1 fully saturated rings. The first kappa shape index (κ1) is 18.0. The van der Waals surface area contributed by atoms with Crippen molar-refractivity contribution in [3.63, 3.8) is 0 Å². The van der Waals surface area contributed by atoms with Gasteiger partial charge in [0.15, 0.2) is 10.9 Å². The van der Waals surface area contributed by atoms with Gasteiger partial charge in [-0.3, -0.25) is 24.0 Å². The Morgan fingerprint density at radius 3 is 2.54 bits per heavy atom. The lowest BCUT2D eigenvalue weighted by Crippen LogP contribution is -2.33. The highest BCUT2D eigenvalue weighted by Gasteiger charge is 2.30. The van der Waals surface area contributed by atoms with Gasteiger partial charge in [0.25, 0.3) is 11.8 Å². The number of nitrogens with one attached hydrogen (secondary N) is 1. The zero-order chi connectivity index (χ0) is 17.4. The van der Waals surface area contributed by atoms with Crippen molar-refractivity contribution < 1.29 is 24.0 Å². The number of hydrogen-bond donors (Lipinski definition) is 1. The van der Waals surface area contributed by atoms with E-state index in [9.17, 15) is 19.2 Å². The Hall–Kier alpha value is -2.33. The Balaban J connectivity index is 1.57. The van der Waals surface area contributed by atoms with E-state index < -0.39 is 11.8 Å². The lowest BCUT2D eigenvalue weighted by atomic mass is 10.3. The topological polar surface area (TPSA) is 119 Å². The Labute approximate surface area is 142 Å². The van der Waals surface area contributed by atoms with Crippen LogP contribution in [0, 0.1) is 0 Å². The van der Waals surface area contributed by atoms with Gasteiger partial charge in [-0.1, -0.05) is 11.8 Å². The summed E-state index contributed by atoms with van der Waals surface area (Å²) in [4.78, 5) is 58.7. The summed E-state index contributed by atoms with van der Waals surface area (Å²) in [7, 11) is 0. The van der Waals surface area contributed by atoms with E-state index in [0.717, 1.165) is 0 Å². The molecular weight excluding hydrogens is 336 g/mol. The fourth-order valence-electron chi connectivity index (χ4n) is 1.79. The van der Waals surface area contributed by atoms with E-state index >= 15 is 0 Å². The predicted octanol–water partition coefficient (Wildman–Crippen LogP) is -0.275. The third-order valence-corrected chi connectivity index (χ3v) is 3.84. The molecule has 24 heavy (non-hydrogen) atoms. The molecule has 0 aliphatic carbocycles. The largest absolute Gasteiger partial charge is 0.355 e. The van der Waals surface area contributed by atoms with Crippen molar-refractivity contribution in [3.8, 4) is 0 Å². The molecule has 3 amide bonds. The molecule has 128 valence electrons. The van der Waals surface area contributed by atoms with Crippen molar-refractivity contribution in [2.75, 3.05) is 18.9 Å². The lowest BCUT2D eigenvalue weighted by Gasteiger charge is -2.12. The van der Waals surface area contributed by atoms with Crippen molar-refractivity contribution in [2.45, 2.75) is 24.4 Å². The highest BCUT2D eigenvalue weighted by Crippen LogP contribution is 2.12. The molecule has 0 atom stereocenters. The van der Waals surface area contributed by atoms with Crippen LogP contribution in [0.3, 0.4) is 0 Å². The summed E-state index contributed by atoms with van der Waals surface area (Å²) in [6.07, 6.45) is 3.43. The molecule has 0 spiro atoms. The molecule has 2 rings (SSSR count). The summed E-state index contributed by atoms with van der Waals surface area (Å²) in [6, 6.07) is 1.68. The van der Waals surface area contributed by atoms with Gasteiger partial charge in [-0.2, -0.15) is 5.06 Å². The summed E-state index contributed by atoms with van der Waals surface area (Å²) in [6.45, 7) is -0.223. The van der Waals surface area contributed by atoms with Gasteiger partial charge in [-0.15, -0.1) is 0 Å². The van der Waals surface area contributed by atoms with Crippen LogP contribution < -0.4 is 5.32 Å². The first-order chi connectivity index (χ1) is 11.6. The molecule has 10 heteroatoms. The first-order valence-electron chi connectivity index (χ1n) is 7.23. The number of hydrogen-bond acceptors (Lipinski definition) is 8. The number of Topliss-reactive ketones (excluding diaryl/α,β-unsaturated/α-hetero) is 1. The van der Waals surface area contributed by atoms with Crippen molar-refractivity contribution in [1.82, 2.24) is 20.3 Å². The quantitative estimate of drug-likeness (QED) is 0.366. The minimum absolute atomic E-state index is 0.0501. The predicted molar refractivity (Wildman–Crippen MR) is 82.4 cm³/mol. The second-order valence-electron chi connectivity index (χ2n) is 4.81. The van der Waals surface area contributed by atoms with Gasteiger partial charge in [-0.25, -0.2) is 9.97 Å². The summed E-state index contributed by atoms with van der Waals surface area (Å²) >= 11 is 1.19. The number of hydroxylamine groups is 2. The van der Waals surface area contributed by atoms with Crippen LogP contribution in [0.2, 0.25) is 0 Å². The smallest absolute Gasteiger partial charge is 0.254 e. The lowest BCUT2D eigenvalue weighted by molar-refractivity contribution is -0.188. The Bertz CT molecular complexity index is 609. The van der Waals surface area contributed by atoms with Gasteiger partial charge in [0.05, 0.1) is 5.75 Å². The summed E-state index contributed by atoms with van der Waals surface area (Å²) < 4.78 is 0. The van der Waals surface area contributed by atoms with Crippen LogP contribution in [-0.4, -0.2) is 57.4 Å². The molecule has 1 saturated heterocycles. The van der Waals surface area contributed by atoms with E-state index in [4.69, 9.17) is 4.84 Å². The molecule has 1 aromatic heterocycles. The molecule has 2 heterocycles. The number of thioether (sulfide) groups is 1. The zero-order valence-electron chi connectivity index (χ0n) is 12.8. The second kappa shape index (κ2) is 9.08. The van der Waals surface area contributed by atoms with Crippen LogP contribution in [0.4, 0.5) is 0 Å². The van der Waals surface area contributed by atoms with Crippen LogP contribution in [-0.2, 0) is 24.0 Å². The monoisotopic (exact) mass is 352 g/mol. The number of amides is 3. The first-order valence-corrected chi connectivity index (χ1v) is 8.21. The Morgan fingerprint density at radius 2 is 1.88 bits per heavy atom. The van der Waals surface area contributed by atoms with Crippen LogP contribution in [0.15, 0.2) is 23.6 Å². The van der Waals surface area contributed by atoms with Crippen molar-refractivity contribution in [3.05, 3.63) is 18.5 Å². The number of imide groups is 1. The number of carbonyl (C=O) groups excluding carboxylic acids is 4. The van der Waals surface area contributed by atoms with E-state index in [1.807, 2.05) is 0 Å². The van der Waals surface area contributed by atoms with Crippen LogP contribution in [0.1, 0.15) is 19.3 Å². The third kappa shape index (κ3) is 5.70. The van der Waals surface area contributed by atoms with Gasteiger partial charge in [0.2, 0.25) is 5.91 Å². The molecule has 0 aromatic carbocycles. The third-order valence-electron chi connectivity index (χ3n) is 2.96. The van der Waals surface area contributed by atoms with Crippen LogP contribution in [0.25, 0.3) is 0 Å². The van der Waals surface area contributed by atoms with E-state index in [2.05, 4.69) is 15.3 Å². The highest BCUT2D eigenvalue weighted by molar-refractivity contribution is 7.99. The van der Waals surface area contributed by atoms with E-state index in [-0.39, 0.29) is 49.9 Å². The molecule has 9 nitrogen and oxygen atoms in total. The minimum Gasteiger partial charge on any atom is -0.355 e. The van der Waals surface area contributed by atoms with Crippen LogP contribution in [0.5, 0.6) is 0 Å². The molecule has 0 unspecified atom stereocenters. The maximum atomic E-state index is 11.6. The molecule has 1 aliphatic heterocycles. The van der Waals surface area contributed by atoms with Crippen molar-refractivity contribution in [1.29, 1.82) is 0 Å². The summed E-state index contributed by atoms with van der Waals surface area (Å²) in [5, 5.41) is 3.72. The fraction of sp³-hybridized carbons (Fsp3) is 0.429. The van der Waals surface area contributed by atoms with E-state index in [1.54, 1.807) is 18.5 Å². The summed E-state index contributed by atoms with van der Waals surface area (Å²) in [5.74, 6) is -1.30. The van der Waals surface area contributed by atoms with Crippen molar-refractivity contribution >= 4 is 35.3 Å². The number of carbonyl (C=O) groups is 4. The number of ketones is 1. The maximum Gasteiger partial charge on any atom is 0.254 e. The highest BCUT2D eigenvalue weighted by atomic mass is 32.2. The number of rotatable bonds is 9. The summed E-state index contributed by atoms with van der Waals surface area (Å²) in [5.41, 5.74) is 0. The molecule has 1 N–H and O–H groups in total. The van der Waals surface area contributed by atoms with Gasteiger partial charge >= 0.3 is 0 Å². The standard InChI is InChI=1S/C14H16N4O5S/c19-10(8-23-18-12(21)2-3-13(18)22)4-7-15-11(20)9-24-14-16-5-1-6-17-14/h1,5-6H,2-4,7-9H2,(H,15,20). The van der Waals surface area contributed by atoms with Gasteiger partial charge in [-0.05, 0) is 6.07 Å². The minimum atomic E-state index is -0.443. The van der Waals surface area contributed by atoms with Crippen LogP contribution >= 0.6 is 11.8 Å². The van der Waals surface area contributed by atoms with Crippen molar-refractivity contribution in [2.24, 2.45) is 0 Å². The fourth-order valence-corrected chi connectivity index (χ4v) is 2.42. The Kier molecular flexibility index (Phi) is 6.82. The number of aromatic nitrogens is 2. The van der Waals surface area contributed by atoms with Gasteiger partial charge in [0, 0.05) is 38.2 Å². The van der Waals surface area contributed by atoms with Gasteiger partial charge in [0.1, 0.15) is 6.61 Å². The van der Waals surface area contributed by atoms with Gasteiger partial charge < -0.3 is 5.32 Å². The molecule has 0 saturated carbocycles. The van der Waals surface area contributed by atoms with E-state index in [1.165, 1.54) is 11.8 Å². The molecular formula is C14H16N4O5S. The molecule has 1 aliphatic rings. The zero-order valence-corrected chi connectivity index (χ0v) is 13.6. The molecule has 0 bridgehead atoms. The second-order valence-corrected chi connectivity index (χ2v) is 5.76. The average molecular weight is 352 g/mol. The maximum absolute atomic E-state index is 11.6. The Morgan fingerprint density at radius 1 is 1.21 bits per heavy atom. The SMILES string of the molecule is O=C(CCNC(=O)CSc1ncccn1)CON1C(=O)CCC1=O. The normalized spacial score (nSPS) is 14.1. The molecule has 1 aromatic rings. The van der Waals surface area contributed by atoms with E-state index in [0.29, 0.717) is 10.2 Å². The number of nitrogens with zero attached hydrogens (tertiary/aromatic N) is 3.